The molecule has 0 atom stereocenters. The molecule has 3 heteroatoms. The summed E-state index contributed by atoms with van der Waals surface area (Å²) in [5.41, 5.74) is 7.40. The average Bonchev–Trinajstić information content (AvgIpc) is 2.96. The second kappa shape index (κ2) is 5.89. The van der Waals surface area contributed by atoms with Gasteiger partial charge in [0, 0.05) is 23.4 Å². The number of rotatable bonds is 2. The highest BCUT2D eigenvalue weighted by atomic mass is 32.2. The van der Waals surface area contributed by atoms with E-state index in [-0.39, 0.29) is 0 Å². The van der Waals surface area contributed by atoms with Crippen molar-refractivity contribution in [2.75, 3.05) is 5.75 Å². The molecule has 0 amide bonds. The maximum absolute atomic E-state index is 4.98. The van der Waals surface area contributed by atoms with Gasteiger partial charge in [0.05, 0.1) is 11.4 Å². The van der Waals surface area contributed by atoms with Crippen LogP contribution >= 0.6 is 11.8 Å². The maximum Gasteiger partial charge on any atom is 0.169 e. The Hall–Kier alpha value is -2.00. The Morgan fingerprint density at radius 2 is 1.48 bits per heavy atom. The molecule has 2 aromatic carbocycles. The van der Waals surface area contributed by atoms with Crippen LogP contribution < -0.4 is 0 Å². The van der Waals surface area contributed by atoms with E-state index in [2.05, 4.69) is 66.9 Å². The van der Waals surface area contributed by atoms with Crippen molar-refractivity contribution in [1.82, 2.24) is 9.55 Å². The number of benzene rings is 2. The lowest BCUT2D eigenvalue weighted by Crippen LogP contribution is -2.08. The van der Waals surface area contributed by atoms with Crippen LogP contribution in [-0.2, 0) is 6.54 Å². The van der Waals surface area contributed by atoms with Crippen molar-refractivity contribution in [2.24, 2.45) is 0 Å². The molecule has 0 spiro atoms. The fraction of sp³-hybridized carbons (Fsp3) is 0.250. The summed E-state index contributed by atoms with van der Waals surface area (Å²) >= 11 is 1.87. The van der Waals surface area contributed by atoms with E-state index in [1.807, 2.05) is 11.8 Å². The Labute approximate surface area is 141 Å². The van der Waals surface area contributed by atoms with E-state index in [1.54, 1.807) is 0 Å². The van der Waals surface area contributed by atoms with Gasteiger partial charge in [0.15, 0.2) is 5.16 Å². The molecule has 0 aliphatic carbocycles. The first-order valence-electron chi connectivity index (χ1n) is 8.10. The molecule has 2 nitrogen and oxygen atoms in total. The molecule has 1 aliphatic rings. The fourth-order valence-electron chi connectivity index (χ4n) is 3.05. The lowest BCUT2D eigenvalue weighted by Gasteiger charge is -2.16. The van der Waals surface area contributed by atoms with Crippen LogP contribution in [0.25, 0.3) is 22.5 Å². The van der Waals surface area contributed by atoms with Gasteiger partial charge in [0.2, 0.25) is 0 Å². The smallest absolute Gasteiger partial charge is 0.169 e. The van der Waals surface area contributed by atoms with Crippen molar-refractivity contribution in [3.8, 4) is 22.5 Å². The maximum atomic E-state index is 4.98. The Morgan fingerprint density at radius 1 is 0.870 bits per heavy atom. The highest BCUT2D eigenvalue weighted by Crippen LogP contribution is 2.38. The third-order valence-electron chi connectivity index (χ3n) is 4.34. The lowest BCUT2D eigenvalue weighted by molar-refractivity contribution is 0.612. The molecule has 0 saturated carbocycles. The number of hydrogen-bond acceptors (Lipinski definition) is 2. The predicted octanol–water partition coefficient (Wildman–Crippen LogP) is 5.33. The van der Waals surface area contributed by atoms with Crippen LogP contribution in [0.2, 0.25) is 0 Å². The van der Waals surface area contributed by atoms with Crippen LogP contribution in [0.5, 0.6) is 0 Å². The summed E-state index contributed by atoms with van der Waals surface area (Å²) in [6.45, 7) is 5.31. The number of nitrogens with zero attached hydrogens (tertiary/aromatic N) is 2. The number of imidazole rings is 1. The van der Waals surface area contributed by atoms with Crippen LogP contribution in [-0.4, -0.2) is 15.3 Å². The minimum Gasteiger partial charge on any atom is -0.318 e. The van der Waals surface area contributed by atoms with Crippen molar-refractivity contribution in [1.29, 1.82) is 0 Å². The van der Waals surface area contributed by atoms with Crippen LogP contribution in [0.3, 0.4) is 0 Å². The minimum atomic E-state index is 1.06. The van der Waals surface area contributed by atoms with Gasteiger partial charge in [-0.05, 0) is 20.3 Å². The van der Waals surface area contributed by atoms with Crippen molar-refractivity contribution < 1.29 is 0 Å². The minimum absolute atomic E-state index is 1.06. The van der Waals surface area contributed by atoms with Gasteiger partial charge >= 0.3 is 0 Å². The monoisotopic (exact) mass is 320 g/mol. The zero-order chi connectivity index (χ0) is 15.8. The van der Waals surface area contributed by atoms with Crippen LogP contribution in [0.1, 0.15) is 17.5 Å². The largest absolute Gasteiger partial charge is 0.318 e. The molecule has 23 heavy (non-hydrogen) atoms. The zero-order valence-electron chi connectivity index (χ0n) is 13.5. The Bertz CT molecular complexity index is 829. The summed E-state index contributed by atoms with van der Waals surface area (Å²) in [7, 11) is 0. The Balaban J connectivity index is 1.93. The first-order valence-corrected chi connectivity index (χ1v) is 9.08. The quantitative estimate of drug-likeness (QED) is 0.635. The number of aromatic nitrogens is 2. The topological polar surface area (TPSA) is 17.8 Å². The van der Waals surface area contributed by atoms with Gasteiger partial charge in [-0.2, -0.15) is 0 Å². The van der Waals surface area contributed by atoms with Crippen molar-refractivity contribution in [3.05, 3.63) is 59.7 Å². The lowest BCUT2D eigenvalue weighted by atomic mass is 10.0. The molecule has 0 saturated heterocycles. The van der Waals surface area contributed by atoms with E-state index >= 15 is 0 Å². The van der Waals surface area contributed by atoms with E-state index < -0.39 is 0 Å². The Morgan fingerprint density at radius 3 is 2.13 bits per heavy atom. The normalized spacial score (nSPS) is 13.8. The SMILES string of the molecule is Cc1ccc(-c2nc3n(c2-c2ccc(C)cc2)CCCS3)cc1. The van der Waals surface area contributed by atoms with Gasteiger partial charge in [0.1, 0.15) is 0 Å². The van der Waals surface area contributed by atoms with Crippen LogP contribution in [0.15, 0.2) is 53.7 Å². The van der Waals surface area contributed by atoms with Gasteiger partial charge in [0.25, 0.3) is 0 Å². The summed E-state index contributed by atoms with van der Waals surface area (Å²) in [5.74, 6) is 1.16. The number of fused-ring (bicyclic) bond motifs is 1. The first-order chi connectivity index (χ1) is 11.2. The van der Waals surface area contributed by atoms with E-state index in [0.29, 0.717) is 0 Å². The molecule has 0 N–H and O–H groups in total. The van der Waals surface area contributed by atoms with Crippen LogP contribution in [0.4, 0.5) is 0 Å². The van der Waals surface area contributed by atoms with Gasteiger partial charge in [-0.25, -0.2) is 4.98 Å². The summed E-state index contributed by atoms with van der Waals surface area (Å²) in [4.78, 5) is 4.98. The third kappa shape index (κ3) is 2.70. The third-order valence-corrected chi connectivity index (χ3v) is 5.40. The molecule has 3 aromatic rings. The second-order valence-electron chi connectivity index (χ2n) is 6.18. The molecule has 0 unspecified atom stereocenters. The summed E-state index contributed by atoms with van der Waals surface area (Å²) in [6, 6.07) is 17.5. The zero-order valence-corrected chi connectivity index (χ0v) is 14.4. The number of thioether (sulfide) groups is 1. The van der Waals surface area contributed by atoms with E-state index in [1.165, 1.54) is 34.4 Å². The van der Waals surface area contributed by atoms with E-state index in [0.717, 1.165) is 23.1 Å². The Kier molecular flexibility index (Phi) is 3.74. The van der Waals surface area contributed by atoms with Gasteiger partial charge in [-0.15, -0.1) is 0 Å². The number of aryl methyl sites for hydroxylation is 2. The average molecular weight is 320 g/mol. The van der Waals surface area contributed by atoms with Gasteiger partial charge < -0.3 is 4.57 Å². The summed E-state index contributed by atoms with van der Waals surface area (Å²) in [6.07, 6.45) is 1.21. The van der Waals surface area contributed by atoms with Gasteiger partial charge in [-0.3, -0.25) is 0 Å². The highest BCUT2D eigenvalue weighted by Gasteiger charge is 2.22. The van der Waals surface area contributed by atoms with E-state index in [9.17, 15) is 0 Å². The summed E-state index contributed by atoms with van der Waals surface area (Å²) < 4.78 is 2.40. The molecule has 1 aliphatic heterocycles. The molecule has 4 rings (SSSR count). The molecule has 2 heterocycles. The standard InChI is InChI=1S/C20H20N2S/c1-14-4-8-16(9-5-14)18-19(17-10-6-15(2)7-11-17)22-12-3-13-23-20(22)21-18/h4-11H,3,12-13H2,1-2H3. The molecular weight excluding hydrogens is 300 g/mol. The fourth-order valence-corrected chi connectivity index (χ4v) is 4.00. The second-order valence-corrected chi connectivity index (χ2v) is 7.24. The predicted molar refractivity (Wildman–Crippen MR) is 97.9 cm³/mol. The molecule has 0 bridgehead atoms. The number of hydrogen-bond donors (Lipinski definition) is 0. The highest BCUT2D eigenvalue weighted by molar-refractivity contribution is 7.99. The summed E-state index contributed by atoms with van der Waals surface area (Å²) in [5, 5.41) is 1.16. The van der Waals surface area contributed by atoms with Crippen LogP contribution in [0, 0.1) is 13.8 Å². The van der Waals surface area contributed by atoms with Gasteiger partial charge in [-0.1, -0.05) is 71.4 Å². The molecule has 0 fully saturated rings. The molecular formula is C20H20N2S. The van der Waals surface area contributed by atoms with Crippen molar-refractivity contribution >= 4 is 11.8 Å². The molecule has 116 valence electrons. The van der Waals surface area contributed by atoms with E-state index in [4.69, 9.17) is 4.98 Å². The molecule has 1 aromatic heterocycles. The van der Waals surface area contributed by atoms with Crippen molar-refractivity contribution in [2.45, 2.75) is 32.0 Å². The first kappa shape index (κ1) is 14.6. The molecule has 0 radical (unpaired) electrons. The van der Waals surface area contributed by atoms with Crippen molar-refractivity contribution in [3.63, 3.8) is 0 Å².